The molecule has 0 radical (unpaired) electrons. The number of primary amides is 1. The van der Waals surface area contributed by atoms with Crippen LogP contribution in [0.1, 0.15) is 19.3 Å². The molecule has 1 unspecified atom stereocenters. The van der Waals surface area contributed by atoms with E-state index in [0.29, 0.717) is 13.2 Å². The van der Waals surface area contributed by atoms with Crippen LogP contribution in [0.15, 0.2) is 0 Å². The zero-order valence-electron chi connectivity index (χ0n) is 7.71. The van der Waals surface area contributed by atoms with E-state index < -0.39 is 5.54 Å². The van der Waals surface area contributed by atoms with Gasteiger partial charge in [-0.1, -0.05) is 0 Å². The van der Waals surface area contributed by atoms with E-state index >= 15 is 0 Å². The molecule has 3 N–H and O–H groups in total. The Hall–Kier alpha value is -0.610. The summed E-state index contributed by atoms with van der Waals surface area (Å²) >= 11 is 0. The van der Waals surface area contributed by atoms with Gasteiger partial charge in [0.05, 0.1) is 6.61 Å². The predicted octanol–water partition coefficient (Wildman–Crippen LogP) is -0.370. The third-order valence-corrected chi connectivity index (χ3v) is 2.92. The van der Waals surface area contributed by atoms with Crippen LogP contribution >= 0.6 is 0 Å². The van der Waals surface area contributed by atoms with Gasteiger partial charge in [-0.2, -0.15) is 0 Å². The monoisotopic (exact) mass is 184 g/mol. The summed E-state index contributed by atoms with van der Waals surface area (Å²) in [5.74, 6) is 0.488. The molecule has 4 heteroatoms. The highest BCUT2D eigenvalue weighted by Crippen LogP contribution is 2.29. The maximum Gasteiger partial charge on any atom is 0.240 e. The number of hydrogen-bond donors (Lipinski definition) is 2. The number of amides is 1. The van der Waals surface area contributed by atoms with Gasteiger partial charge in [0.1, 0.15) is 5.54 Å². The van der Waals surface area contributed by atoms with Gasteiger partial charge in [0.2, 0.25) is 5.91 Å². The van der Waals surface area contributed by atoms with Crippen LogP contribution in [0.5, 0.6) is 0 Å². The molecule has 2 aliphatic rings. The summed E-state index contributed by atoms with van der Waals surface area (Å²) in [6, 6.07) is 0. The Morgan fingerprint density at radius 2 is 2.38 bits per heavy atom. The minimum atomic E-state index is -0.567. The van der Waals surface area contributed by atoms with Crippen LogP contribution in [-0.2, 0) is 9.53 Å². The number of nitrogens with two attached hydrogens (primary N) is 1. The Kier molecular flexibility index (Phi) is 2.26. The molecule has 1 saturated heterocycles. The summed E-state index contributed by atoms with van der Waals surface area (Å²) < 4.78 is 5.21. The van der Waals surface area contributed by atoms with Crippen molar-refractivity contribution >= 4 is 5.91 Å². The first kappa shape index (κ1) is 8.97. The molecule has 1 amide bonds. The maximum absolute atomic E-state index is 11.2. The fourth-order valence-electron chi connectivity index (χ4n) is 1.65. The first-order chi connectivity index (χ1) is 6.23. The Morgan fingerprint density at radius 3 is 2.85 bits per heavy atom. The normalized spacial score (nSPS) is 33.5. The van der Waals surface area contributed by atoms with Crippen molar-refractivity contribution in [1.29, 1.82) is 0 Å². The highest BCUT2D eigenvalue weighted by Gasteiger charge is 2.41. The van der Waals surface area contributed by atoms with Crippen molar-refractivity contribution in [3.05, 3.63) is 0 Å². The van der Waals surface area contributed by atoms with Crippen molar-refractivity contribution in [3.63, 3.8) is 0 Å². The second-order valence-electron chi connectivity index (χ2n) is 4.07. The van der Waals surface area contributed by atoms with Gasteiger partial charge in [0.15, 0.2) is 0 Å². The summed E-state index contributed by atoms with van der Waals surface area (Å²) in [4.78, 5) is 11.2. The SMILES string of the molecule is NC(=O)C1(NCC2CC2)CCOC1. The lowest BCUT2D eigenvalue weighted by Gasteiger charge is -2.24. The lowest BCUT2D eigenvalue weighted by molar-refractivity contribution is -0.124. The summed E-state index contributed by atoms with van der Waals surface area (Å²) in [7, 11) is 0. The molecule has 0 aromatic carbocycles. The van der Waals surface area contributed by atoms with Crippen molar-refractivity contribution in [2.24, 2.45) is 11.7 Å². The second kappa shape index (κ2) is 3.27. The standard InChI is InChI=1S/C9H16N2O2/c10-8(12)9(3-4-13-6-9)11-5-7-1-2-7/h7,11H,1-6H2,(H2,10,12). The van der Waals surface area contributed by atoms with E-state index in [-0.39, 0.29) is 5.91 Å². The van der Waals surface area contributed by atoms with Crippen molar-refractivity contribution in [2.45, 2.75) is 24.8 Å². The Bertz CT molecular complexity index is 208. The van der Waals surface area contributed by atoms with Crippen molar-refractivity contribution in [1.82, 2.24) is 5.32 Å². The highest BCUT2D eigenvalue weighted by molar-refractivity contribution is 5.85. The van der Waals surface area contributed by atoms with Gasteiger partial charge in [-0.25, -0.2) is 0 Å². The minimum Gasteiger partial charge on any atom is -0.379 e. The smallest absolute Gasteiger partial charge is 0.240 e. The van der Waals surface area contributed by atoms with Gasteiger partial charge in [0.25, 0.3) is 0 Å². The Morgan fingerprint density at radius 1 is 1.62 bits per heavy atom. The molecule has 74 valence electrons. The summed E-state index contributed by atoms with van der Waals surface area (Å²) in [5.41, 5.74) is 4.79. The predicted molar refractivity (Wildman–Crippen MR) is 48.1 cm³/mol. The van der Waals surface area contributed by atoms with Crippen LogP contribution in [0.2, 0.25) is 0 Å². The maximum atomic E-state index is 11.2. The number of rotatable bonds is 4. The second-order valence-corrected chi connectivity index (χ2v) is 4.07. The fourth-order valence-corrected chi connectivity index (χ4v) is 1.65. The number of hydrogen-bond acceptors (Lipinski definition) is 3. The zero-order valence-corrected chi connectivity index (χ0v) is 7.71. The van der Waals surface area contributed by atoms with E-state index in [1.54, 1.807) is 0 Å². The molecule has 0 aromatic heterocycles. The minimum absolute atomic E-state index is 0.273. The van der Waals surface area contributed by atoms with E-state index in [0.717, 1.165) is 18.9 Å². The lowest BCUT2D eigenvalue weighted by atomic mass is 9.98. The quantitative estimate of drug-likeness (QED) is 0.626. The van der Waals surface area contributed by atoms with Crippen LogP contribution in [0.3, 0.4) is 0 Å². The molecular formula is C9H16N2O2. The number of nitrogens with one attached hydrogen (secondary N) is 1. The fraction of sp³-hybridized carbons (Fsp3) is 0.889. The number of carbonyl (C=O) groups excluding carboxylic acids is 1. The summed E-state index contributed by atoms with van der Waals surface area (Å²) in [6.07, 6.45) is 3.28. The average molecular weight is 184 g/mol. The largest absolute Gasteiger partial charge is 0.379 e. The molecule has 2 rings (SSSR count). The molecule has 1 heterocycles. The molecular weight excluding hydrogens is 168 g/mol. The molecule has 0 bridgehead atoms. The Labute approximate surface area is 77.8 Å². The molecule has 0 aromatic rings. The first-order valence-electron chi connectivity index (χ1n) is 4.86. The van der Waals surface area contributed by atoms with Crippen LogP contribution in [0.4, 0.5) is 0 Å². The number of carbonyl (C=O) groups is 1. The first-order valence-corrected chi connectivity index (χ1v) is 4.86. The lowest BCUT2D eigenvalue weighted by Crippen LogP contribution is -2.56. The van der Waals surface area contributed by atoms with Gasteiger partial charge in [0, 0.05) is 13.0 Å². The molecule has 0 spiro atoms. The van der Waals surface area contributed by atoms with Crippen molar-refractivity contribution < 1.29 is 9.53 Å². The third-order valence-electron chi connectivity index (χ3n) is 2.92. The summed E-state index contributed by atoms with van der Waals surface area (Å²) in [6.45, 7) is 1.99. The van der Waals surface area contributed by atoms with E-state index in [9.17, 15) is 4.79 Å². The average Bonchev–Trinajstić information content (AvgIpc) is 2.80. The highest BCUT2D eigenvalue weighted by atomic mass is 16.5. The molecule has 4 nitrogen and oxygen atoms in total. The van der Waals surface area contributed by atoms with Gasteiger partial charge in [-0.3, -0.25) is 4.79 Å². The zero-order chi connectivity index (χ0) is 9.31. The molecule has 1 saturated carbocycles. The van der Waals surface area contributed by atoms with Gasteiger partial charge >= 0.3 is 0 Å². The van der Waals surface area contributed by atoms with Crippen LogP contribution in [0.25, 0.3) is 0 Å². The van der Waals surface area contributed by atoms with Gasteiger partial charge in [-0.05, 0) is 25.3 Å². The molecule has 1 atom stereocenters. The molecule has 2 fully saturated rings. The summed E-state index contributed by atoms with van der Waals surface area (Å²) in [5, 5.41) is 3.26. The third kappa shape index (κ3) is 1.84. The van der Waals surface area contributed by atoms with Crippen LogP contribution in [0, 0.1) is 5.92 Å². The number of ether oxygens (including phenoxy) is 1. The van der Waals surface area contributed by atoms with E-state index in [1.807, 2.05) is 0 Å². The molecule has 1 aliphatic carbocycles. The van der Waals surface area contributed by atoms with Gasteiger partial charge < -0.3 is 15.8 Å². The van der Waals surface area contributed by atoms with E-state index in [4.69, 9.17) is 10.5 Å². The van der Waals surface area contributed by atoms with Crippen LogP contribution in [-0.4, -0.2) is 31.2 Å². The molecule has 1 aliphatic heterocycles. The Balaban J connectivity index is 1.91. The van der Waals surface area contributed by atoms with E-state index in [1.165, 1.54) is 12.8 Å². The molecule has 13 heavy (non-hydrogen) atoms. The van der Waals surface area contributed by atoms with Crippen LogP contribution < -0.4 is 11.1 Å². The van der Waals surface area contributed by atoms with Crippen molar-refractivity contribution in [2.75, 3.05) is 19.8 Å². The van der Waals surface area contributed by atoms with E-state index in [2.05, 4.69) is 5.32 Å². The van der Waals surface area contributed by atoms with Crippen molar-refractivity contribution in [3.8, 4) is 0 Å². The van der Waals surface area contributed by atoms with Gasteiger partial charge in [-0.15, -0.1) is 0 Å². The topological polar surface area (TPSA) is 64.4 Å².